The predicted octanol–water partition coefficient (Wildman–Crippen LogP) is 4.04. The molecule has 2 rings (SSSR count). The summed E-state index contributed by atoms with van der Waals surface area (Å²) in [6.45, 7) is 8.83. The summed E-state index contributed by atoms with van der Waals surface area (Å²) in [5.41, 5.74) is 2.73. The van der Waals surface area contributed by atoms with Gasteiger partial charge in [0, 0.05) is 36.3 Å². The van der Waals surface area contributed by atoms with Crippen molar-refractivity contribution in [2.24, 2.45) is 11.8 Å². The van der Waals surface area contributed by atoms with Crippen LogP contribution in [0.1, 0.15) is 32.8 Å². The number of benzene rings is 1. The van der Waals surface area contributed by atoms with Crippen LogP contribution in [0.25, 0.3) is 0 Å². The normalized spacial score (nSPS) is 21.8. The molecule has 2 nitrogen and oxygen atoms in total. The first-order valence-electron chi connectivity index (χ1n) is 7.20. The molecule has 2 unspecified atom stereocenters. The Balaban J connectivity index is 2.09. The Kier molecular flexibility index (Phi) is 4.91. The molecule has 0 aliphatic heterocycles. The number of rotatable bonds is 6. The highest BCUT2D eigenvalue weighted by molar-refractivity contribution is 9.10. The van der Waals surface area contributed by atoms with Gasteiger partial charge in [0.05, 0.1) is 0 Å². The lowest BCUT2D eigenvalue weighted by molar-refractivity contribution is 0.587. The van der Waals surface area contributed by atoms with Crippen molar-refractivity contribution in [2.75, 3.05) is 18.5 Å². The number of nitrogens with zero attached hydrogens (tertiary/aromatic N) is 1. The fraction of sp³-hybridized carbons (Fsp3) is 0.625. The van der Waals surface area contributed by atoms with Crippen LogP contribution in [0.4, 0.5) is 5.69 Å². The fourth-order valence-electron chi connectivity index (χ4n) is 2.46. The van der Waals surface area contributed by atoms with Gasteiger partial charge in [0.2, 0.25) is 0 Å². The number of hydrogen-bond acceptors (Lipinski definition) is 2. The van der Waals surface area contributed by atoms with Gasteiger partial charge in [0.15, 0.2) is 0 Å². The van der Waals surface area contributed by atoms with Crippen LogP contribution >= 0.6 is 15.9 Å². The average Bonchev–Trinajstić information content (AvgIpc) is 3.03. The Hall–Kier alpha value is -0.540. The largest absolute Gasteiger partial charge is 0.374 e. The van der Waals surface area contributed by atoms with E-state index in [0.717, 1.165) is 22.9 Å². The van der Waals surface area contributed by atoms with Crippen LogP contribution in [0.2, 0.25) is 0 Å². The monoisotopic (exact) mass is 324 g/mol. The molecule has 0 amide bonds. The first-order chi connectivity index (χ1) is 8.97. The van der Waals surface area contributed by atoms with Crippen LogP contribution in [0.5, 0.6) is 0 Å². The second-order valence-corrected chi connectivity index (χ2v) is 7.08. The third-order valence-electron chi connectivity index (χ3n) is 3.94. The molecule has 0 heterocycles. The minimum absolute atomic E-state index is 0.519. The van der Waals surface area contributed by atoms with Crippen LogP contribution < -0.4 is 10.2 Å². The second kappa shape index (κ2) is 6.27. The molecule has 3 heteroatoms. The first-order valence-corrected chi connectivity index (χ1v) is 7.99. The van der Waals surface area contributed by atoms with Crippen molar-refractivity contribution < 1.29 is 0 Å². The minimum atomic E-state index is 0.519. The number of nitrogens with one attached hydrogen (secondary N) is 1. The molecular formula is C16H25BrN2. The Morgan fingerprint density at radius 2 is 2.11 bits per heavy atom. The summed E-state index contributed by atoms with van der Waals surface area (Å²) >= 11 is 3.59. The molecule has 0 saturated heterocycles. The smallest absolute Gasteiger partial charge is 0.0420 e. The van der Waals surface area contributed by atoms with Gasteiger partial charge in [0.1, 0.15) is 0 Å². The van der Waals surface area contributed by atoms with Gasteiger partial charge in [-0.05, 0) is 36.0 Å². The molecule has 19 heavy (non-hydrogen) atoms. The third kappa shape index (κ3) is 4.22. The van der Waals surface area contributed by atoms with Crippen LogP contribution in [0, 0.1) is 11.8 Å². The van der Waals surface area contributed by atoms with Crippen LogP contribution in [-0.4, -0.2) is 19.6 Å². The molecule has 0 spiro atoms. The van der Waals surface area contributed by atoms with E-state index >= 15 is 0 Å². The average molecular weight is 325 g/mol. The first kappa shape index (κ1) is 14.9. The van der Waals surface area contributed by atoms with E-state index in [4.69, 9.17) is 0 Å². The number of anilines is 1. The molecule has 1 aliphatic carbocycles. The van der Waals surface area contributed by atoms with E-state index in [0.29, 0.717) is 6.04 Å². The molecule has 1 aromatic rings. The maximum atomic E-state index is 3.59. The van der Waals surface area contributed by atoms with E-state index in [2.05, 4.69) is 72.2 Å². The lowest BCUT2D eigenvalue weighted by Gasteiger charge is -2.23. The molecular weight excluding hydrogens is 300 g/mol. The standard InChI is InChI=1S/C16H25BrN2/c1-11(2)18-9-13-5-6-15(17)8-16(13)19(4)10-14-7-12(14)3/h5-6,8,11-12,14,18H,7,9-10H2,1-4H3. The lowest BCUT2D eigenvalue weighted by Crippen LogP contribution is -2.26. The Morgan fingerprint density at radius 3 is 2.68 bits per heavy atom. The van der Waals surface area contributed by atoms with Crippen LogP contribution in [-0.2, 0) is 6.54 Å². The van der Waals surface area contributed by atoms with E-state index in [-0.39, 0.29) is 0 Å². The van der Waals surface area contributed by atoms with Crippen molar-refractivity contribution >= 4 is 21.6 Å². The van der Waals surface area contributed by atoms with E-state index < -0.39 is 0 Å². The predicted molar refractivity (Wildman–Crippen MR) is 86.7 cm³/mol. The number of halogens is 1. The Bertz CT molecular complexity index is 431. The number of hydrogen-bond donors (Lipinski definition) is 1. The summed E-state index contributed by atoms with van der Waals surface area (Å²) in [5.74, 6) is 1.79. The maximum absolute atomic E-state index is 3.59. The molecule has 0 bridgehead atoms. The highest BCUT2D eigenvalue weighted by Crippen LogP contribution is 2.39. The van der Waals surface area contributed by atoms with Gasteiger partial charge in [-0.2, -0.15) is 0 Å². The zero-order valence-corrected chi connectivity index (χ0v) is 14.0. The summed E-state index contributed by atoms with van der Waals surface area (Å²) in [6.07, 6.45) is 1.39. The SMILES string of the molecule is CC(C)NCc1ccc(Br)cc1N(C)CC1CC1C. The van der Waals surface area contributed by atoms with Crippen molar-refractivity contribution in [3.8, 4) is 0 Å². The van der Waals surface area contributed by atoms with Crippen LogP contribution in [0.15, 0.2) is 22.7 Å². The quantitative estimate of drug-likeness (QED) is 0.849. The van der Waals surface area contributed by atoms with Crippen molar-refractivity contribution in [3.63, 3.8) is 0 Å². The van der Waals surface area contributed by atoms with Gasteiger partial charge in [-0.15, -0.1) is 0 Å². The van der Waals surface area contributed by atoms with Gasteiger partial charge in [-0.3, -0.25) is 0 Å². The van der Waals surface area contributed by atoms with Crippen LogP contribution in [0.3, 0.4) is 0 Å². The third-order valence-corrected chi connectivity index (χ3v) is 4.44. The van der Waals surface area contributed by atoms with Crippen molar-refractivity contribution in [2.45, 2.75) is 39.8 Å². The Labute approximate surface area is 125 Å². The van der Waals surface area contributed by atoms with Gasteiger partial charge in [-0.1, -0.05) is 42.8 Å². The summed E-state index contributed by atoms with van der Waals surface area (Å²) in [6, 6.07) is 7.12. The summed E-state index contributed by atoms with van der Waals surface area (Å²) in [7, 11) is 2.21. The van der Waals surface area contributed by atoms with Crippen molar-refractivity contribution in [1.82, 2.24) is 5.32 Å². The minimum Gasteiger partial charge on any atom is -0.374 e. The van der Waals surface area contributed by atoms with Gasteiger partial charge < -0.3 is 10.2 Å². The highest BCUT2D eigenvalue weighted by atomic mass is 79.9. The molecule has 0 aromatic heterocycles. The lowest BCUT2D eigenvalue weighted by atomic mass is 10.1. The van der Waals surface area contributed by atoms with Crippen molar-refractivity contribution in [3.05, 3.63) is 28.2 Å². The molecule has 1 aliphatic rings. The zero-order valence-electron chi connectivity index (χ0n) is 12.4. The van der Waals surface area contributed by atoms with E-state index in [1.54, 1.807) is 0 Å². The maximum Gasteiger partial charge on any atom is 0.0420 e. The highest BCUT2D eigenvalue weighted by Gasteiger charge is 2.33. The molecule has 1 aromatic carbocycles. The molecule has 2 atom stereocenters. The van der Waals surface area contributed by atoms with Gasteiger partial charge in [-0.25, -0.2) is 0 Å². The Morgan fingerprint density at radius 1 is 1.42 bits per heavy atom. The van der Waals surface area contributed by atoms with Crippen molar-refractivity contribution in [1.29, 1.82) is 0 Å². The molecule has 1 fully saturated rings. The molecule has 0 radical (unpaired) electrons. The topological polar surface area (TPSA) is 15.3 Å². The summed E-state index contributed by atoms with van der Waals surface area (Å²) in [4.78, 5) is 2.41. The fourth-order valence-corrected chi connectivity index (χ4v) is 2.81. The molecule has 1 saturated carbocycles. The van der Waals surface area contributed by atoms with Gasteiger partial charge >= 0.3 is 0 Å². The zero-order chi connectivity index (χ0) is 14.0. The summed E-state index contributed by atoms with van der Waals surface area (Å²) in [5, 5.41) is 3.51. The summed E-state index contributed by atoms with van der Waals surface area (Å²) < 4.78 is 1.16. The molecule has 106 valence electrons. The van der Waals surface area contributed by atoms with E-state index in [9.17, 15) is 0 Å². The molecule has 1 N–H and O–H groups in total. The van der Waals surface area contributed by atoms with E-state index in [1.807, 2.05) is 0 Å². The van der Waals surface area contributed by atoms with Gasteiger partial charge in [0.25, 0.3) is 0 Å². The second-order valence-electron chi connectivity index (χ2n) is 6.16. The van der Waals surface area contributed by atoms with E-state index in [1.165, 1.54) is 24.2 Å².